The highest BCUT2D eigenvalue weighted by Gasteiger charge is 2.13. The van der Waals surface area contributed by atoms with Gasteiger partial charge in [0.2, 0.25) is 0 Å². The molecule has 19 heavy (non-hydrogen) atoms. The second-order valence-corrected chi connectivity index (χ2v) is 4.46. The molecule has 0 spiro atoms. The summed E-state index contributed by atoms with van der Waals surface area (Å²) < 4.78 is 19.0. The lowest BCUT2D eigenvalue weighted by Crippen LogP contribution is -2.03. The molecule has 2 nitrogen and oxygen atoms in total. The number of ether oxygens (including phenoxy) is 1. The van der Waals surface area contributed by atoms with E-state index >= 15 is 0 Å². The number of halogens is 2. The molecule has 98 valence electrons. The number of rotatable bonds is 4. The summed E-state index contributed by atoms with van der Waals surface area (Å²) in [6.45, 7) is 1.46. The van der Waals surface area contributed by atoms with Crippen molar-refractivity contribution in [3.8, 4) is 5.75 Å². The Morgan fingerprint density at radius 1 is 1.21 bits per heavy atom. The van der Waals surface area contributed by atoms with Crippen LogP contribution in [-0.2, 0) is 6.61 Å². The first-order valence-corrected chi connectivity index (χ1v) is 6.13. The maximum absolute atomic E-state index is 13.5. The zero-order valence-corrected chi connectivity index (χ0v) is 11.1. The molecule has 0 amide bonds. The molecule has 2 aromatic carbocycles. The molecule has 0 aliphatic rings. The van der Waals surface area contributed by atoms with Gasteiger partial charge in [-0.2, -0.15) is 0 Å². The van der Waals surface area contributed by atoms with Crippen LogP contribution in [0, 0.1) is 5.82 Å². The lowest BCUT2D eigenvalue weighted by molar-refractivity contribution is 0.101. The molecule has 0 N–H and O–H groups in total. The SMILES string of the molecule is CC(=O)c1cccc(Cl)c1OCc1ccccc1F. The Hall–Kier alpha value is -1.87. The molecule has 0 saturated heterocycles. The number of Topliss-reactive ketones (excluding diaryl/α,β-unsaturated/α-hetero) is 1. The first-order chi connectivity index (χ1) is 9.09. The summed E-state index contributed by atoms with van der Waals surface area (Å²) in [7, 11) is 0. The van der Waals surface area contributed by atoms with Crippen molar-refractivity contribution in [3.05, 3.63) is 64.4 Å². The van der Waals surface area contributed by atoms with Crippen LogP contribution in [0.1, 0.15) is 22.8 Å². The average molecular weight is 279 g/mol. The van der Waals surface area contributed by atoms with E-state index in [4.69, 9.17) is 16.3 Å². The minimum Gasteiger partial charge on any atom is -0.486 e. The maximum atomic E-state index is 13.5. The lowest BCUT2D eigenvalue weighted by Gasteiger charge is -2.11. The van der Waals surface area contributed by atoms with E-state index in [1.807, 2.05) is 0 Å². The third kappa shape index (κ3) is 3.12. The number of hydrogen-bond acceptors (Lipinski definition) is 2. The molecule has 0 heterocycles. The summed E-state index contributed by atoms with van der Waals surface area (Å²) >= 11 is 6.01. The molecule has 0 aromatic heterocycles. The first kappa shape index (κ1) is 13.6. The number of carbonyl (C=O) groups excluding carboxylic acids is 1. The van der Waals surface area contributed by atoms with Crippen LogP contribution in [0.4, 0.5) is 4.39 Å². The Kier molecular flexibility index (Phi) is 4.17. The molecule has 0 aliphatic heterocycles. The molecule has 0 bridgehead atoms. The highest BCUT2D eigenvalue weighted by Crippen LogP contribution is 2.29. The standard InChI is InChI=1S/C15H12ClFO2/c1-10(18)12-6-4-7-13(16)15(12)19-9-11-5-2-3-8-14(11)17/h2-8H,9H2,1H3. The average Bonchev–Trinajstić information content (AvgIpc) is 2.38. The number of carbonyl (C=O) groups is 1. The van der Waals surface area contributed by atoms with Gasteiger partial charge in [-0.1, -0.05) is 35.9 Å². The molecule has 0 fully saturated rings. The molecule has 4 heteroatoms. The van der Waals surface area contributed by atoms with Crippen molar-refractivity contribution in [2.75, 3.05) is 0 Å². The van der Waals surface area contributed by atoms with Gasteiger partial charge in [-0.15, -0.1) is 0 Å². The van der Waals surface area contributed by atoms with Crippen LogP contribution >= 0.6 is 11.6 Å². The van der Waals surface area contributed by atoms with Gasteiger partial charge in [0.1, 0.15) is 18.2 Å². The van der Waals surface area contributed by atoms with Gasteiger partial charge in [0.25, 0.3) is 0 Å². The quantitative estimate of drug-likeness (QED) is 0.781. The molecule has 0 radical (unpaired) electrons. The van der Waals surface area contributed by atoms with Crippen molar-refractivity contribution in [3.63, 3.8) is 0 Å². The molecule has 2 rings (SSSR count). The second kappa shape index (κ2) is 5.85. The van der Waals surface area contributed by atoms with E-state index in [-0.39, 0.29) is 18.2 Å². The minimum absolute atomic E-state index is 0.0245. The van der Waals surface area contributed by atoms with E-state index in [2.05, 4.69) is 0 Å². The monoisotopic (exact) mass is 278 g/mol. The fourth-order valence-electron chi connectivity index (χ4n) is 1.70. The third-order valence-corrected chi connectivity index (χ3v) is 2.97. The fraction of sp³-hybridized carbons (Fsp3) is 0.133. The summed E-state index contributed by atoms with van der Waals surface area (Å²) in [5, 5.41) is 0.337. The van der Waals surface area contributed by atoms with Crippen molar-refractivity contribution < 1.29 is 13.9 Å². The lowest BCUT2D eigenvalue weighted by atomic mass is 10.1. The van der Waals surface area contributed by atoms with Crippen LogP contribution in [-0.4, -0.2) is 5.78 Å². The molecule has 0 saturated carbocycles. The summed E-state index contributed by atoms with van der Waals surface area (Å²) in [5.74, 6) is -0.204. The van der Waals surface area contributed by atoms with Gasteiger partial charge in [-0.3, -0.25) is 4.79 Å². The van der Waals surface area contributed by atoms with E-state index in [9.17, 15) is 9.18 Å². The zero-order valence-electron chi connectivity index (χ0n) is 10.3. The smallest absolute Gasteiger partial charge is 0.163 e. The Morgan fingerprint density at radius 2 is 1.95 bits per heavy atom. The van der Waals surface area contributed by atoms with Crippen molar-refractivity contribution in [2.45, 2.75) is 13.5 Å². The summed E-state index contributed by atoms with van der Waals surface area (Å²) in [4.78, 5) is 11.5. The van der Waals surface area contributed by atoms with Crippen LogP contribution in [0.5, 0.6) is 5.75 Å². The highest BCUT2D eigenvalue weighted by molar-refractivity contribution is 6.32. The predicted octanol–water partition coefficient (Wildman–Crippen LogP) is 4.26. The summed E-state index contributed by atoms with van der Waals surface area (Å²) in [5.41, 5.74) is 0.806. The number of hydrogen-bond donors (Lipinski definition) is 0. The summed E-state index contributed by atoms with van der Waals surface area (Å²) in [6.07, 6.45) is 0. The van der Waals surface area contributed by atoms with Crippen LogP contribution in [0.2, 0.25) is 5.02 Å². The van der Waals surface area contributed by atoms with Gasteiger partial charge in [0.15, 0.2) is 5.78 Å². The van der Waals surface area contributed by atoms with Crippen molar-refractivity contribution in [1.82, 2.24) is 0 Å². The Labute approximate surface area is 115 Å². The number of ketones is 1. The Morgan fingerprint density at radius 3 is 2.63 bits per heavy atom. The largest absolute Gasteiger partial charge is 0.486 e. The van der Waals surface area contributed by atoms with E-state index in [1.165, 1.54) is 13.0 Å². The topological polar surface area (TPSA) is 26.3 Å². The van der Waals surface area contributed by atoms with Crippen LogP contribution in [0.3, 0.4) is 0 Å². The number of benzene rings is 2. The van der Waals surface area contributed by atoms with Gasteiger partial charge < -0.3 is 4.74 Å². The predicted molar refractivity (Wildman–Crippen MR) is 72.2 cm³/mol. The summed E-state index contributed by atoms with van der Waals surface area (Å²) in [6, 6.07) is 11.2. The van der Waals surface area contributed by atoms with Crippen LogP contribution in [0.25, 0.3) is 0 Å². The van der Waals surface area contributed by atoms with E-state index < -0.39 is 0 Å². The molecule has 0 unspecified atom stereocenters. The van der Waals surface area contributed by atoms with Gasteiger partial charge in [-0.25, -0.2) is 4.39 Å². The second-order valence-electron chi connectivity index (χ2n) is 4.05. The maximum Gasteiger partial charge on any atom is 0.163 e. The van der Waals surface area contributed by atoms with E-state index in [0.29, 0.717) is 21.9 Å². The Bertz CT molecular complexity index is 611. The normalized spacial score (nSPS) is 10.3. The molecular weight excluding hydrogens is 267 g/mol. The van der Waals surface area contributed by atoms with Crippen molar-refractivity contribution in [2.24, 2.45) is 0 Å². The fourth-order valence-corrected chi connectivity index (χ4v) is 1.93. The molecule has 0 atom stereocenters. The molecular formula is C15H12ClFO2. The minimum atomic E-state index is -0.348. The Balaban J connectivity index is 2.25. The van der Waals surface area contributed by atoms with Crippen molar-refractivity contribution >= 4 is 17.4 Å². The molecule has 0 aliphatic carbocycles. The number of para-hydroxylation sites is 1. The zero-order chi connectivity index (χ0) is 13.8. The van der Waals surface area contributed by atoms with E-state index in [1.54, 1.807) is 36.4 Å². The van der Waals surface area contributed by atoms with E-state index in [0.717, 1.165) is 0 Å². The first-order valence-electron chi connectivity index (χ1n) is 5.75. The van der Waals surface area contributed by atoms with Gasteiger partial charge >= 0.3 is 0 Å². The van der Waals surface area contributed by atoms with Crippen LogP contribution in [0.15, 0.2) is 42.5 Å². The van der Waals surface area contributed by atoms with Gasteiger partial charge in [-0.05, 0) is 25.1 Å². The molecule has 2 aromatic rings. The van der Waals surface area contributed by atoms with Crippen LogP contribution < -0.4 is 4.74 Å². The van der Waals surface area contributed by atoms with Gasteiger partial charge in [0, 0.05) is 5.56 Å². The third-order valence-electron chi connectivity index (χ3n) is 2.68. The highest BCUT2D eigenvalue weighted by atomic mass is 35.5. The van der Waals surface area contributed by atoms with Gasteiger partial charge in [0.05, 0.1) is 10.6 Å². The van der Waals surface area contributed by atoms with Crippen molar-refractivity contribution in [1.29, 1.82) is 0 Å².